The first-order valence-electron chi connectivity index (χ1n) is 8.51. The highest BCUT2D eigenvalue weighted by atomic mass is 16.5. The lowest BCUT2D eigenvalue weighted by molar-refractivity contribution is -0.409. The predicted octanol–water partition coefficient (Wildman–Crippen LogP) is 3.23. The first-order chi connectivity index (χ1) is 11.7. The zero-order valence-electron chi connectivity index (χ0n) is 14.1. The van der Waals surface area contributed by atoms with Gasteiger partial charge in [0.15, 0.2) is 11.5 Å². The highest BCUT2D eigenvalue weighted by Crippen LogP contribution is 2.40. The van der Waals surface area contributed by atoms with E-state index in [9.17, 15) is 0 Å². The van der Waals surface area contributed by atoms with Crippen molar-refractivity contribution in [2.45, 2.75) is 19.9 Å². The minimum absolute atomic E-state index is 0.0858. The Morgan fingerprint density at radius 2 is 1.92 bits per heavy atom. The highest BCUT2D eigenvalue weighted by Gasteiger charge is 2.30. The topological polar surface area (TPSA) is 52.5 Å². The second-order valence-electron chi connectivity index (χ2n) is 6.11. The van der Waals surface area contributed by atoms with Crippen LogP contribution >= 0.6 is 0 Å². The van der Waals surface area contributed by atoms with Crippen molar-refractivity contribution in [3.8, 4) is 5.75 Å². The van der Waals surface area contributed by atoms with E-state index in [1.165, 1.54) is 11.3 Å². The van der Waals surface area contributed by atoms with Crippen molar-refractivity contribution in [3.63, 3.8) is 0 Å². The van der Waals surface area contributed by atoms with E-state index in [2.05, 4.69) is 54.8 Å². The van der Waals surface area contributed by atoms with Gasteiger partial charge in [-0.1, -0.05) is 24.3 Å². The van der Waals surface area contributed by atoms with Crippen LogP contribution in [0.5, 0.6) is 5.75 Å². The lowest BCUT2D eigenvalue weighted by Gasteiger charge is -2.27. The summed E-state index contributed by atoms with van der Waals surface area (Å²) >= 11 is 0. The number of anilines is 1. The van der Waals surface area contributed by atoms with Crippen LogP contribution in [0.15, 0.2) is 59.3 Å². The molecule has 0 aromatic heterocycles. The number of ether oxygens (including phenoxy) is 1. The Bertz CT molecular complexity index is 850. The van der Waals surface area contributed by atoms with Gasteiger partial charge in [0.2, 0.25) is 0 Å². The number of aliphatic imine (C=N–C) groups is 1. The van der Waals surface area contributed by atoms with E-state index < -0.39 is 0 Å². The summed E-state index contributed by atoms with van der Waals surface area (Å²) in [6, 6.07) is 14.6. The molecule has 0 spiro atoms. The maximum Gasteiger partial charge on any atom is 0.156 e. The predicted molar refractivity (Wildman–Crippen MR) is 97.0 cm³/mol. The monoisotopic (exact) mass is 320 g/mol. The van der Waals surface area contributed by atoms with E-state index in [-0.39, 0.29) is 6.04 Å². The van der Waals surface area contributed by atoms with Gasteiger partial charge in [0, 0.05) is 42.0 Å². The minimum Gasteiger partial charge on any atom is -0.453 e. The average Bonchev–Trinajstić information content (AvgIpc) is 2.62. The second kappa shape index (κ2) is 5.80. The zero-order valence-corrected chi connectivity index (χ0v) is 14.1. The van der Waals surface area contributed by atoms with Crippen LogP contribution in [0.1, 0.15) is 31.0 Å². The largest absolute Gasteiger partial charge is 0.453 e. The van der Waals surface area contributed by atoms with Gasteiger partial charge in [-0.2, -0.15) is 0 Å². The third kappa shape index (κ3) is 2.31. The average molecular weight is 320 g/mol. The molecule has 24 heavy (non-hydrogen) atoms. The molecule has 0 fully saturated rings. The van der Waals surface area contributed by atoms with Crippen molar-refractivity contribution >= 4 is 17.1 Å². The molecule has 2 aromatic rings. The lowest BCUT2D eigenvalue weighted by Crippen LogP contribution is -2.54. The maximum atomic E-state index is 6.21. The fraction of sp³-hybridized carbons (Fsp3) is 0.250. The van der Waals surface area contributed by atoms with Crippen LogP contribution in [0.4, 0.5) is 11.4 Å². The Balaban J connectivity index is 1.81. The maximum absolute atomic E-state index is 6.21. The quantitative estimate of drug-likeness (QED) is 0.944. The molecule has 4 nitrogen and oxygen atoms in total. The van der Waals surface area contributed by atoms with Gasteiger partial charge in [-0.05, 0) is 26.0 Å². The van der Waals surface area contributed by atoms with E-state index in [0.717, 1.165) is 41.6 Å². The Morgan fingerprint density at radius 1 is 1.12 bits per heavy atom. The Kier molecular flexibility index (Phi) is 3.62. The van der Waals surface area contributed by atoms with Crippen LogP contribution in [-0.4, -0.2) is 18.8 Å². The number of hydrogen-bond acceptors (Lipinski definition) is 3. The summed E-state index contributed by atoms with van der Waals surface area (Å²) in [5, 5.41) is 0. The van der Waals surface area contributed by atoms with Gasteiger partial charge < -0.3 is 15.4 Å². The molecule has 0 bridgehead atoms. The highest BCUT2D eigenvalue weighted by molar-refractivity contribution is 6.15. The molecule has 2 aromatic carbocycles. The number of rotatable bonds is 3. The summed E-state index contributed by atoms with van der Waals surface area (Å²) in [6.07, 6.45) is 2.06. The molecule has 0 radical (unpaired) electrons. The van der Waals surface area contributed by atoms with E-state index in [1.807, 2.05) is 18.2 Å². The summed E-state index contributed by atoms with van der Waals surface area (Å²) in [6.45, 7) is 6.27. The van der Waals surface area contributed by atoms with Gasteiger partial charge in [-0.15, -0.1) is 0 Å². The number of fused-ring (bicyclic) bond motifs is 4. The standard InChI is InChI=1S/C20H21N3O/c1-3-23(4-2)13-9-10-17-18(11-13)24-19-12-16(21)14-7-5-6-8-15(14)20(19)22-17/h5-12,16H,3-4,21H2,1-2H3/p+1. The molecule has 2 aliphatic rings. The first kappa shape index (κ1) is 15.0. The molecular weight excluding hydrogens is 298 g/mol. The SMILES string of the molecule is CCN(CC)c1ccc2c(c1)OC1=CC([NH3+])c3ccccc3C1=N2. The summed E-state index contributed by atoms with van der Waals surface area (Å²) in [4.78, 5) is 7.18. The minimum atomic E-state index is 0.0858. The van der Waals surface area contributed by atoms with Crippen molar-refractivity contribution in [1.82, 2.24) is 0 Å². The first-order valence-corrected chi connectivity index (χ1v) is 8.51. The molecule has 0 saturated heterocycles. The summed E-state index contributed by atoms with van der Waals surface area (Å²) in [5.74, 6) is 1.64. The number of hydrogen-bond donors (Lipinski definition) is 1. The number of nitrogens with zero attached hydrogens (tertiary/aromatic N) is 2. The molecule has 122 valence electrons. The summed E-state index contributed by atoms with van der Waals surface area (Å²) in [5.41, 5.74) is 9.52. The normalized spacial score (nSPS) is 17.7. The van der Waals surface area contributed by atoms with Crippen LogP contribution in [-0.2, 0) is 0 Å². The Labute approximate surface area is 142 Å². The Morgan fingerprint density at radius 3 is 2.71 bits per heavy atom. The number of allylic oxidation sites excluding steroid dienone is 1. The van der Waals surface area contributed by atoms with E-state index in [0.29, 0.717) is 0 Å². The van der Waals surface area contributed by atoms with Gasteiger partial charge in [0.1, 0.15) is 17.4 Å². The van der Waals surface area contributed by atoms with Crippen LogP contribution in [0.25, 0.3) is 0 Å². The van der Waals surface area contributed by atoms with Crippen LogP contribution < -0.4 is 15.4 Å². The van der Waals surface area contributed by atoms with Gasteiger partial charge >= 0.3 is 0 Å². The van der Waals surface area contributed by atoms with Crippen molar-refractivity contribution in [2.24, 2.45) is 4.99 Å². The van der Waals surface area contributed by atoms with E-state index in [4.69, 9.17) is 9.73 Å². The molecule has 0 amide bonds. The molecule has 4 rings (SSSR count). The van der Waals surface area contributed by atoms with Crippen LogP contribution in [0.3, 0.4) is 0 Å². The molecule has 1 unspecified atom stereocenters. The van der Waals surface area contributed by atoms with Crippen molar-refractivity contribution in [3.05, 3.63) is 65.4 Å². The van der Waals surface area contributed by atoms with Gasteiger partial charge in [-0.3, -0.25) is 0 Å². The molecule has 3 N–H and O–H groups in total. The smallest absolute Gasteiger partial charge is 0.156 e. The third-order valence-corrected chi connectivity index (χ3v) is 4.73. The molecule has 1 aliphatic carbocycles. The van der Waals surface area contributed by atoms with Crippen LogP contribution in [0.2, 0.25) is 0 Å². The van der Waals surface area contributed by atoms with Crippen molar-refractivity contribution in [1.29, 1.82) is 0 Å². The molecule has 1 aliphatic heterocycles. The van der Waals surface area contributed by atoms with E-state index in [1.54, 1.807) is 0 Å². The van der Waals surface area contributed by atoms with Gasteiger partial charge in [-0.25, -0.2) is 4.99 Å². The molecule has 1 atom stereocenters. The molecule has 1 heterocycles. The zero-order chi connectivity index (χ0) is 16.7. The Hall–Kier alpha value is -2.59. The fourth-order valence-corrected chi connectivity index (χ4v) is 3.42. The molecule has 0 saturated carbocycles. The lowest BCUT2D eigenvalue weighted by atomic mass is 9.90. The number of benzene rings is 2. The van der Waals surface area contributed by atoms with Gasteiger partial charge in [0.05, 0.1) is 0 Å². The fourth-order valence-electron chi connectivity index (χ4n) is 3.42. The summed E-state index contributed by atoms with van der Waals surface area (Å²) < 4.78 is 6.21. The molecule has 4 heteroatoms. The van der Waals surface area contributed by atoms with Crippen molar-refractivity contribution < 1.29 is 10.5 Å². The van der Waals surface area contributed by atoms with Crippen LogP contribution in [0, 0.1) is 0 Å². The van der Waals surface area contributed by atoms with Crippen molar-refractivity contribution in [2.75, 3.05) is 18.0 Å². The van der Waals surface area contributed by atoms with E-state index >= 15 is 0 Å². The summed E-state index contributed by atoms with van der Waals surface area (Å²) in [7, 11) is 0. The van der Waals surface area contributed by atoms with Gasteiger partial charge in [0.25, 0.3) is 0 Å². The second-order valence-corrected chi connectivity index (χ2v) is 6.11. The third-order valence-electron chi connectivity index (χ3n) is 4.73. The number of quaternary nitrogens is 1. The molecular formula is C20H22N3O+.